The predicted octanol–water partition coefficient (Wildman–Crippen LogP) is 6.76. The molecule has 0 saturated carbocycles. The molecular weight excluding hydrogens is 389 g/mol. The van der Waals surface area contributed by atoms with Gasteiger partial charge in [-0.1, -0.05) is 37.6 Å². The van der Waals surface area contributed by atoms with Gasteiger partial charge in [-0.15, -0.1) is 0 Å². The Labute approximate surface area is 165 Å². The summed E-state index contributed by atoms with van der Waals surface area (Å²) in [5, 5.41) is 6.20. The first kappa shape index (κ1) is 19.9. The van der Waals surface area contributed by atoms with Gasteiger partial charge in [-0.2, -0.15) is 18.2 Å². The maximum absolute atomic E-state index is 13.4. The molecule has 3 rings (SSSR count). The quantitative estimate of drug-likeness (QED) is 0.491. The molecule has 0 atom stereocenters. The highest BCUT2D eigenvalue weighted by atomic mass is 35.5. The Morgan fingerprint density at radius 1 is 0.964 bits per heavy atom. The number of anilines is 4. The van der Waals surface area contributed by atoms with Crippen LogP contribution in [0.25, 0.3) is 0 Å². The lowest BCUT2D eigenvalue weighted by atomic mass is 10.0. The van der Waals surface area contributed by atoms with Gasteiger partial charge in [0.25, 0.3) is 0 Å². The summed E-state index contributed by atoms with van der Waals surface area (Å²) in [6.45, 7) is 4.03. The number of rotatable bonds is 5. The second kappa shape index (κ2) is 8.06. The van der Waals surface area contributed by atoms with Gasteiger partial charge in [-0.05, 0) is 47.9 Å². The van der Waals surface area contributed by atoms with Crippen LogP contribution in [0.5, 0.6) is 0 Å². The topological polar surface area (TPSA) is 49.8 Å². The van der Waals surface area contributed by atoms with Crippen LogP contribution in [0.4, 0.5) is 36.3 Å². The van der Waals surface area contributed by atoms with E-state index in [-0.39, 0.29) is 17.7 Å². The molecule has 28 heavy (non-hydrogen) atoms. The molecule has 0 unspecified atom stereocenters. The summed E-state index contributed by atoms with van der Waals surface area (Å²) in [4.78, 5) is 7.84. The summed E-state index contributed by atoms with van der Waals surface area (Å²) in [7, 11) is 0. The van der Waals surface area contributed by atoms with Crippen molar-refractivity contribution in [3.8, 4) is 0 Å². The summed E-state index contributed by atoms with van der Waals surface area (Å²) >= 11 is 5.84. The molecule has 2 N–H and O–H groups in total. The van der Waals surface area contributed by atoms with E-state index in [4.69, 9.17) is 11.6 Å². The van der Waals surface area contributed by atoms with Gasteiger partial charge in [0.15, 0.2) is 0 Å². The van der Waals surface area contributed by atoms with E-state index in [0.29, 0.717) is 16.4 Å². The standard InChI is InChI=1S/C20H18ClF3N4/c1-12(2)13-4-3-5-16(10-13)26-18-17(20(22,23)24)11-25-19(28-18)27-15-8-6-14(21)7-9-15/h3-12H,1-2H3,(H2,25,26,27,28). The second-order valence-electron chi connectivity index (χ2n) is 6.49. The van der Waals surface area contributed by atoms with Crippen LogP contribution in [-0.2, 0) is 6.18 Å². The summed E-state index contributed by atoms with van der Waals surface area (Å²) in [6.07, 6.45) is -3.82. The van der Waals surface area contributed by atoms with Gasteiger partial charge in [0, 0.05) is 22.6 Å². The van der Waals surface area contributed by atoms with Crippen LogP contribution >= 0.6 is 11.6 Å². The van der Waals surface area contributed by atoms with Gasteiger partial charge in [-0.25, -0.2) is 4.98 Å². The zero-order valence-electron chi connectivity index (χ0n) is 15.2. The first-order chi connectivity index (χ1) is 13.2. The lowest BCUT2D eigenvalue weighted by Gasteiger charge is -2.16. The number of halogens is 4. The lowest BCUT2D eigenvalue weighted by Crippen LogP contribution is -2.12. The molecule has 2 aromatic carbocycles. The minimum Gasteiger partial charge on any atom is -0.340 e. The Bertz CT molecular complexity index is 956. The molecule has 146 valence electrons. The third kappa shape index (κ3) is 4.92. The molecule has 0 radical (unpaired) electrons. The molecule has 0 fully saturated rings. The van der Waals surface area contributed by atoms with E-state index in [0.717, 1.165) is 11.8 Å². The Morgan fingerprint density at radius 2 is 1.68 bits per heavy atom. The molecule has 0 aliphatic carbocycles. The van der Waals surface area contributed by atoms with Crippen LogP contribution in [0, 0.1) is 0 Å². The maximum Gasteiger partial charge on any atom is 0.421 e. The number of nitrogens with zero attached hydrogens (tertiary/aromatic N) is 2. The van der Waals surface area contributed by atoms with Crippen LogP contribution in [0.1, 0.15) is 30.9 Å². The number of nitrogens with one attached hydrogen (secondary N) is 2. The summed E-state index contributed by atoms with van der Waals surface area (Å²) in [5.74, 6) is -0.0333. The van der Waals surface area contributed by atoms with E-state index >= 15 is 0 Å². The van der Waals surface area contributed by atoms with Crippen molar-refractivity contribution in [3.63, 3.8) is 0 Å². The largest absolute Gasteiger partial charge is 0.421 e. The molecule has 0 aliphatic rings. The molecule has 1 aromatic heterocycles. The minimum absolute atomic E-state index is 0.0397. The van der Waals surface area contributed by atoms with Gasteiger partial charge in [0.2, 0.25) is 5.95 Å². The van der Waals surface area contributed by atoms with Gasteiger partial charge < -0.3 is 10.6 Å². The zero-order valence-corrected chi connectivity index (χ0v) is 15.9. The van der Waals surface area contributed by atoms with Crippen LogP contribution in [0.3, 0.4) is 0 Å². The van der Waals surface area contributed by atoms with Crippen LogP contribution in [0.15, 0.2) is 54.7 Å². The zero-order chi connectivity index (χ0) is 20.3. The third-order valence-corrected chi connectivity index (χ3v) is 4.26. The Kier molecular flexibility index (Phi) is 5.74. The molecular formula is C20H18ClF3N4. The molecule has 4 nitrogen and oxygen atoms in total. The smallest absolute Gasteiger partial charge is 0.340 e. The van der Waals surface area contributed by atoms with Crippen molar-refractivity contribution in [2.45, 2.75) is 25.9 Å². The van der Waals surface area contributed by atoms with E-state index < -0.39 is 11.7 Å². The van der Waals surface area contributed by atoms with E-state index in [1.807, 2.05) is 19.9 Å². The highest BCUT2D eigenvalue weighted by Crippen LogP contribution is 2.35. The lowest BCUT2D eigenvalue weighted by molar-refractivity contribution is -0.137. The molecule has 0 amide bonds. The van der Waals surface area contributed by atoms with Crippen molar-refractivity contribution >= 4 is 34.7 Å². The van der Waals surface area contributed by atoms with Crippen molar-refractivity contribution < 1.29 is 13.2 Å². The highest BCUT2D eigenvalue weighted by Gasteiger charge is 2.35. The summed E-state index contributed by atoms with van der Waals surface area (Å²) < 4.78 is 40.2. The number of hydrogen-bond donors (Lipinski definition) is 2. The number of benzene rings is 2. The van der Waals surface area contributed by atoms with Crippen molar-refractivity contribution in [2.75, 3.05) is 10.6 Å². The third-order valence-electron chi connectivity index (χ3n) is 4.01. The van der Waals surface area contributed by atoms with Crippen molar-refractivity contribution in [1.82, 2.24) is 9.97 Å². The fourth-order valence-electron chi connectivity index (χ4n) is 2.52. The van der Waals surface area contributed by atoms with Crippen LogP contribution < -0.4 is 10.6 Å². The molecule has 0 saturated heterocycles. The molecule has 0 spiro atoms. The average Bonchev–Trinajstić information content (AvgIpc) is 2.63. The number of aromatic nitrogens is 2. The average molecular weight is 407 g/mol. The summed E-state index contributed by atoms with van der Waals surface area (Å²) in [6, 6.07) is 13.9. The summed E-state index contributed by atoms with van der Waals surface area (Å²) in [5.41, 5.74) is 1.20. The van der Waals surface area contributed by atoms with E-state index in [2.05, 4.69) is 20.6 Å². The Balaban J connectivity index is 1.94. The minimum atomic E-state index is -4.59. The molecule has 8 heteroatoms. The molecule has 1 heterocycles. The highest BCUT2D eigenvalue weighted by molar-refractivity contribution is 6.30. The number of alkyl halides is 3. The first-order valence-electron chi connectivity index (χ1n) is 8.56. The Morgan fingerprint density at radius 3 is 2.32 bits per heavy atom. The van der Waals surface area contributed by atoms with Gasteiger partial charge in [0.1, 0.15) is 11.4 Å². The van der Waals surface area contributed by atoms with Crippen LogP contribution in [0.2, 0.25) is 5.02 Å². The normalized spacial score (nSPS) is 11.5. The SMILES string of the molecule is CC(C)c1cccc(Nc2nc(Nc3ccc(Cl)cc3)ncc2C(F)(F)F)c1. The first-order valence-corrected chi connectivity index (χ1v) is 8.94. The Hall–Kier alpha value is -2.80. The van der Waals surface area contributed by atoms with E-state index in [9.17, 15) is 13.2 Å². The fourth-order valence-corrected chi connectivity index (χ4v) is 2.65. The predicted molar refractivity (Wildman–Crippen MR) is 106 cm³/mol. The van der Waals surface area contributed by atoms with Crippen molar-refractivity contribution in [1.29, 1.82) is 0 Å². The van der Waals surface area contributed by atoms with Gasteiger partial charge in [-0.3, -0.25) is 0 Å². The van der Waals surface area contributed by atoms with Gasteiger partial charge >= 0.3 is 6.18 Å². The van der Waals surface area contributed by atoms with E-state index in [1.165, 1.54) is 0 Å². The fraction of sp³-hybridized carbons (Fsp3) is 0.200. The van der Waals surface area contributed by atoms with Crippen molar-refractivity contribution in [3.05, 3.63) is 70.9 Å². The second-order valence-corrected chi connectivity index (χ2v) is 6.93. The molecule has 3 aromatic rings. The van der Waals surface area contributed by atoms with Crippen LogP contribution in [-0.4, -0.2) is 9.97 Å². The monoisotopic (exact) mass is 406 g/mol. The van der Waals surface area contributed by atoms with E-state index in [1.54, 1.807) is 42.5 Å². The molecule has 0 aliphatic heterocycles. The maximum atomic E-state index is 13.4. The number of hydrogen-bond acceptors (Lipinski definition) is 4. The van der Waals surface area contributed by atoms with Crippen molar-refractivity contribution in [2.24, 2.45) is 0 Å². The van der Waals surface area contributed by atoms with Gasteiger partial charge in [0.05, 0.1) is 0 Å². The molecule has 0 bridgehead atoms.